The van der Waals surface area contributed by atoms with E-state index >= 15 is 4.39 Å². The fourth-order valence-corrected chi connectivity index (χ4v) is 6.10. The first kappa shape index (κ1) is 29.7. The van der Waals surface area contributed by atoms with Crippen molar-refractivity contribution in [2.24, 2.45) is 5.41 Å². The molecule has 1 amide bonds. The van der Waals surface area contributed by atoms with Crippen molar-refractivity contribution >= 4 is 37.4 Å². The summed E-state index contributed by atoms with van der Waals surface area (Å²) in [7, 11) is -1.41. The molecule has 1 N–H and O–H groups in total. The van der Waals surface area contributed by atoms with Gasteiger partial charge in [0.2, 0.25) is 0 Å². The van der Waals surface area contributed by atoms with E-state index in [0.717, 1.165) is 6.07 Å². The van der Waals surface area contributed by atoms with E-state index in [1.54, 1.807) is 12.1 Å². The summed E-state index contributed by atoms with van der Waals surface area (Å²) in [4.78, 5) is 20.2. The van der Waals surface area contributed by atoms with Gasteiger partial charge in [-0.1, -0.05) is 56.1 Å². The van der Waals surface area contributed by atoms with Gasteiger partial charge >= 0.3 is 0 Å². The van der Waals surface area contributed by atoms with E-state index < -0.39 is 54.9 Å². The standard InChI is InChI=1S/C35H43Cl2FN2O5Si/c1-32(2,3)46(6,7)45-22-34(14-15-34)21-44-35(23-8-10-25(36)11-9-23)30-28(16-24(17-29(30)38)33(4,42)20-43-5)31(41)40(35)19-27-13-12-26(37)18-39-27/h8-13,16-18,42H,14-15,19-22H2,1-7H3/t33?,35-/m1/s1/i21D2,22D2. The van der Waals surface area contributed by atoms with Crippen LogP contribution in [0.25, 0.3) is 0 Å². The molecule has 5 rings (SSSR count). The maximum Gasteiger partial charge on any atom is 0.257 e. The van der Waals surface area contributed by atoms with Crippen molar-refractivity contribution < 1.29 is 33.7 Å². The molecule has 11 heteroatoms. The topological polar surface area (TPSA) is 81.1 Å². The summed E-state index contributed by atoms with van der Waals surface area (Å²) in [6, 6.07) is 11.6. The molecule has 2 aliphatic rings. The molecule has 1 aliphatic heterocycles. The van der Waals surface area contributed by atoms with E-state index in [1.807, 2.05) is 33.9 Å². The summed E-state index contributed by atoms with van der Waals surface area (Å²) < 4.78 is 72.4. The number of halogens is 3. The minimum atomic E-state index is -2.85. The molecule has 1 unspecified atom stereocenters. The number of hydrogen-bond donors (Lipinski definition) is 1. The Morgan fingerprint density at radius 1 is 1.07 bits per heavy atom. The van der Waals surface area contributed by atoms with E-state index in [-0.39, 0.29) is 48.2 Å². The SMILES string of the molecule is [2H]C([2H])(O[C@]1(c2ccc(Cl)cc2)c2c(F)cc(C(C)(O)COC)cc2C(=O)N1Cc1ccc(Cl)cn1)C1(C([2H])([2H])O[Si](C)(C)C(C)(C)C)CC1. The molecule has 3 aromatic rings. The highest BCUT2D eigenvalue weighted by Crippen LogP contribution is 2.53. The third-order valence-electron chi connectivity index (χ3n) is 9.13. The van der Waals surface area contributed by atoms with Crippen molar-refractivity contribution in [1.29, 1.82) is 0 Å². The highest BCUT2D eigenvalue weighted by atomic mass is 35.5. The van der Waals surface area contributed by atoms with Crippen molar-refractivity contribution in [3.63, 3.8) is 0 Å². The molecule has 1 aromatic heterocycles. The Hall–Kier alpha value is -2.37. The van der Waals surface area contributed by atoms with E-state index in [9.17, 15) is 15.4 Å². The number of amides is 1. The van der Waals surface area contributed by atoms with Gasteiger partial charge in [0.15, 0.2) is 14.0 Å². The average molecular weight is 694 g/mol. The highest BCUT2D eigenvalue weighted by Gasteiger charge is 2.57. The van der Waals surface area contributed by atoms with Crippen LogP contribution in [0, 0.1) is 11.2 Å². The number of carbonyl (C=O) groups excluding carboxylic acids is 1. The molecule has 2 heterocycles. The van der Waals surface area contributed by atoms with Gasteiger partial charge in [0.1, 0.15) is 11.4 Å². The predicted octanol–water partition coefficient (Wildman–Crippen LogP) is 8.06. The Morgan fingerprint density at radius 2 is 1.72 bits per heavy atom. The lowest BCUT2D eigenvalue weighted by Crippen LogP contribution is -2.48. The van der Waals surface area contributed by atoms with Crippen LogP contribution >= 0.6 is 23.2 Å². The van der Waals surface area contributed by atoms with Crippen LogP contribution in [0.15, 0.2) is 54.7 Å². The maximum atomic E-state index is 16.9. The second-order valence-corrected chi connectivity index (χ2v) is 19.4. The van der Waals surface area contributed by atoms with Crippen LogP contribution in [-0.2, 0) is 31.8 Å². The van der Waals surface area contributed by atoms with E-state index in [1.165, 1.54) is 55.5 Å². The molecule has 0 spiro atoms. The second kappa shape index (κ2) is 12.6. The summed E-state index contributed by atoms with van der Waals surface area (Å²) in [5.74, 6) is -1.69. The van der Waals surface area contributed by atoms with Gasteiger partial charge in [-0.25, -0.2) is 4.39 Å². The molecule has 2 atom stereocenters. The van der Waals surface area contributed by atoms with E-state index in [2.05, 4.69) is 4.98 Å². The lowest BCUT2D eigenvalue weighted by molar-refractivity contribution is -0.130. The third-order valence-corrected chi connectivity index (χ3v) is 13.8. The molecule has 0 saturated heterocycles. The lowest BCUT2D eigenvalue weighted by Gasteiger charge is -2.41. The monoisotopic (exact) mass is 692 g/mol. The van der Waals surface area contributed by atoms with Crippen LogP contribution in [0.1, 0.15) is 78.8 Å². The number of ether oxygens (including phenoxy) is 2. The van der Waals surface area contributed by atoms with Gasteiger partial charge in [0.25, 0.3) is 5.91 Å². The van der Waals surface area contributed by atoms with Gasteiger partial charge in [-0.15, -0.1) is 0 Å². The van der Waals surface area contributed by atoms with E-state index in [4.69, 9.17) is 37.1 Å². The zero-order valence-corrected chi connectivity index (χ0v) is 29.6. The molecule has 248 valence electrons. The van der Waals surface area contributed by atoms with Crippen molar-refractivity contribution in [1.82, 2.24) is 9.88 Å². The molecule has 1 fully saturated rings. The van der Waals surface area contributed by atoms with Crippen LogP contribution in [0.3, 0.4) is 0 Å². The maximum absolute atomic E-state index is 16.9. The first-order chi connectivity index (χ1) is 22.9. The number of carbonyl (C=O) groups is 1. The number of fused-ring (bicyclic) bond motifs is 1. The summed E-state index contributed by atoms with van der Waals surface area (Å²) in [5, 5.41) is 11.5. The Kier molecular flexibility index (Phi) is 8.13. The van der Waals surface area contributed by atoms with Crippen molar-refractivity contribution in [2.75, 3.05) is 26.8 Å². The van der Waals surface area contributed by atoms with Crippen molar-refractivity contribution in [3.05, 3.63) is 98.5 Å². The Balaban J connectivity index is 1.76. The lowest BCUT2D eigenvalue weighted by atomic mass is 9.88. The van der Waals surface area contributed by atoms with Gasteiger partial charge in [-0.3, -0.25) is 14.7 Å². The zero-order chi connectivity index (χ0) is 37.3. The van der Waals surface area contributed by atoms with Gasteiger partial charge in [-0.05, 0) is 79.9 Å². The normalized spacial score (nSPS) is 22.4. The summed E-state index contributed by atoms with van der Waals surface area (Å²) >= 11 is 12.4. The number of aliphatic hydroxyl groups is 1. The fourth-order valence-electron chi connectivity index (χ4n) is 5.10. The molecule has 1 aliphatic carbocycles. The Morgan fingerprint density at radius 3 is 2.28 bits per heavy atom. The minimum Gasteiger partial charge on any atom is -0.416 e. The third kappa shape index (κ3) is 6.65. The van der Waals surface area contributed by atoms with Crippen molar-refractivity contribution in [2.45, 2.75) is 76.5 Å². The molecule has 2 aromatic carbocycles. The second-order valence-electron chi connectivity index (χ2n) is 13.8. The highest BCUT2D eigenvalue weighted by molar-refractivity contribution is 6.74. The van der Waals surface area contributed by atoms with Crippen LogP contribution < -0.4 is 0 Å². The number of pyridine rings is 1. The minimum absolute atomic E-state index is 0.0567. The number of methoxy groups -OCH3 is 1. The van der Waals surface area contributed by atoms with Crippen LogP contribution in [0.5, 0.6) is 0 Å². The summed E-state index contributed by atoms with van der Waals surface area (Å²) in [6.45, 7) is 5.22. The van der Waals surface area contributed by atoms with Gasteiger partial charge < -0.3 is 19.0 Å². The van der Waals surface area contributed by atoms with Crippen LogP contribution in [0.2, 0.25) is 28.2 Å². The van der Waals surface area contributed by atoms with Gasteiger partial charge in [0.05, 0.1) is 47.0 Å². The first-order valence-corrected chi connectivity index (χ1v) is 18.8. The predicted molar refractivity (Wildman–Crippen MR) is 180 cm³/mol. The largest absolute Gasteiger partial charge is 0.416 e. The van der Waals surface area contributed by atoms with E-state index in [0.29, 0.717) is 15.7 Å². The average Bonchev–Trinajstić information content (AvgIpc) is 3.79. The molecule has 1 saturated carbocycles. The molecular formula is C35H43Cl2FN2O5Si. The molecule has 7 nitrogen and oxygen atoms in total. The Bertz CT molecular complexity index is 1770. The zero-order valence-electron chi connectivity index (χ0n) is 31.1. The number of benzene rings is 2. The Labute approximate surface area is 287 Å². The smallest absolute Gasteiger partial charge is 0.257 e. The number of rotatable bonds is 12. The fraction of sp³-hybridized carbons (Fsp3) is 0.486. The summed E-state index contributed by atoms with van der Waals surface area (Å²) in [6.07, 6.45) is 1.53. The van der Waals surface area contributed by atoms with Crippen LogP contribution in [0.4, 0.5) is 4.39 Å². The quantitative estimate of drug-likeness (QED) is 0.194. The molecule has 0 radical (unpaired) electrons. The van der Waals surface area contributed by atoms with Crippen molar-refractivity contribution in [3.8, 4) is 0 Å². The summed E-state index contributed by atoms with van der Waals surface area (Å²) in [5.41, 5.74) is -5.75. The molecular weight excluding hydrogens is 646 g/mol. The number of hydrogen-bond acceptors (Lipinski definition) is 6. The van der Waals surface area contributed by atoms with Gasteiger partial charge in [-0.2, -0.15) is 0 Å². The van der Waals surface area contributed by atoms with Crippen LogP contribution in [-0.4, -0.2) is 56.0 Å². The molecule has 0 bridgehead atoms. The first-order valence-electron chi connectivity index (χ1n) is 17.1. The number of aromatic nitrogens is 1. The van der Waals surface area contributed by atoms with Gasteiger partial charge in [0, 0.05) is 35.9 Å². The number of nitrogens with zero attached hydrogens (tertiary/aromatic N) is 2. The molecule has 46 heavy (non-hydrogen) atoms.